The molecular weight excluding hydrogens is 422 g/mol. The smallest absolute Gasteiger partial charge is 0.332 e. The van der Waals surface area contributed by atoms with Gasteiger partial charge in [-0.15, -0.1) is 0 Å². The molecule has 1 aliphatic rings. The van der Waals surface area contributed by atoms with E-state index >= 15 is 0 Å². The third-order valence-corrected chi connectivity index (χ3v) is 6.03. The Bertz CT molecular complexity index is 1260. The maximum Gasteiger partial charge on any atom is 0.332 e. The standard InChI is InChI=1S/C21H26ClN5O4/c1-5-7-13(6-2)23-20-24-18-17(19(28)26(4)21(29)25(18)3)27(20)10-12-8-15-16(9-14(12)22)31-11-30-15/h8-9,13H,5-7,10-11H2,1-4H3,(H,23,24). The molecule has 1 N–H and O–H groups in total. The van der Waals surface area contributed by atoms with Crippen molar-refractivity contribution in [1.29, 1.82) is 0 Å². The van der Waals surface area contributed by atoms with Crippen LogP contribution in [0.25, 0.3) is 11.2 Å². The molecule has 0 fully saturated rings. The van der Waals surface area contributed by atoms with Gasteiger partial charge in [-0.2, -0.15) is 4.98 Å². The molecule has 1 unspecified atom stereocenters. The monoisotopic (exact) mass is 447 g/mol. The number of rotatable bonds is 7. The lowest BCUT2D eigenvalue weighted by Crippen LogP contribution is -2.37. The van der Waals surface area contributed by atoms with Gasteiger partial charge in [-0.05, 0) is 24.5 Å². The minimum atomic E-state index is -0.421. The lowest BCUT2D eigenvalue weighted by Gasteiger charge is -2.18. The van der Waals surface area contributed by atoms with Crippen molar-refractivity contribution in [3.8, 4) is 11.5 Å². The zero-order valence-electron chi connectivity index (χ0n) is 18.1. The molecule has 1 aliphatic heterocycles. The summed E-state index contributed by atoms with van der Waals surface area (Å²) in [5.74, 6) is 1.73. The first-order chi connectivity index (χ1) is 14.8. The second-order valence-corrected chi connectivity index (χ2v) is 8.14. The Balaban J connectivity index is 1.90. The third kappa shape index (κ3) is 3.67. The van der Waals surface area contributed by atoms with Crippen LogP contribution in [0.15, 0.2) is 21.7 Å². The Labute approximate surface area is 184 Å². The van der Waals surface area contributed by atoms with Gasteiger partial charge in [-0.25, -0.2) is 4.79 Å². The van der Waals surface area contributed by atoms with Crippen LogP contribution in [0.4, 0.5) is 5.95 Å². The van der Waals surface area contributed by atoms with Gasteiger partial charge in [0.15, 0.2) is 22.7 Å². The maximum atomic E-state index is 13.1. The van der Waals surface area contributed by atoms with Crippen LogP contribution in [-0.4, -0.2) is 31.5 Å². The summed E-state index contributed by atoms with van der Waals surface area (Å²) in [7, 11) is 3.08. The molecule has 3 heterocycles. The minimum absolute atomic E-state index is 0.147. The molecule has 166 valence electrons. The van der Waals surface area contributed by atoms with E-state index in [2.05, 4.69) is 24.1 Å². The summed E-state index contributed by atoms with van der Waals surface area (Å²) in [6.45, 7) is 4.65. The number of halogens is 1. The molecule has 3 aromatic rings. The number of hydrogen-bond acceptors (Lipinski definition) is 6. The van der Waals surface area contributed by atoms with Gasteiger partial charge in [0.05, 0.1) is 6.54 Å². The highest BCUT2D eigenvalue weighted by Gasteiger charge is 2.23. The minimum Gasteiger partial charge on any atom is -0.454 e. The summed E-state index contributed by atoms with van der Waals surface area (Å²) >= 11 is 6.51. The fourth-order valence-electron chi connectivity index (χ4n) is 3.87. The summed E-state index contributed by atoms with van der Waals surface area (Å²) in [6, 6.07) is 3.72. The van der Waals surface area contributed by atoms with E-state index in [4.69, 9.17) is 21.1 Å². The molecular formula is C21H26ClN5O4. The van der Waals surface area contributed by atoms with Gasteiger partial charge >= 0.3 is 5.69 Å². The molecule has 0 aliphatic carbocycles. The number of aryl methyl sites for hydroxylation is 1. The molecule has 31 heavy (non-hydrogen) atoms. The molecule has 0 saturated heterocycles. The Hall–Kier alpha value is -2.94. The van der Waals surface area contributed by atoms with Crippen molar-refractivity contribution in [2.75, 3.05) is 12.1 Å². The van der Waals surface area contributed by atoms with Crippen LogP contribution in [0.2, 0.25) is 5.02 Å². The summed E-state index contributed by atoms with van der Waals surface area (Å²) < 4.78 is 15.2. The average Bonchev–Trinajstić information content (AvgIpc) is 3.35. The van der Waals surface area contributed by atoms with E-state index in [-0.39, 0.29) is 19.4 Å². The molecule has 0 spiro atoms. The fraction of sp³-hybridized carbons (Fsp3) is 0.476. The van der Waals surface area contributed by atoms with E-state index < -0.39 is 11.2 Å². The normalized spacial score (nSPS) is 13.7. The Kier molecular flexibility index (Phi) is 5.70. The van der Waals surface area contributed by atoms with Crippen molar-refractivity contribution in [3.63, 3.8) is 0 Å². The first kappa shape index (κ1) is 21.3. The molecule has 0 saturated carbocycles. The van der Waals surface area contributed by atoms with E-state index in [1.54, 1.807) is 17.7 Å². The summed E-state index contributed by atoms with van der Waals surface area (Å²) in [6.07, 6.45) is 2.88. The highest BCUT2D eigenvalue weighted by atomic mass is 35.5. The molecule has 0 amide bonds. The average molecular weight is 448 g/mol. The van der Waals surface area contributed by atoms with Crippen LogP contribution < -0.4 is 26.0 Å². The number of anilines is 1. The zero-order valence-corrected chi connectivity index (χ0v) is 18.8. The third-order valence-electron chi connectivity index (χ3n) is 5.68. The maximum absolute atomic E-state index is 13.1. The molecule has 9 nitrogen and oxygen atoms in total. The highest BCUT2D eigenvalue weighted by molar-refractivity contribution is 6.31. The second-order valence-electron chi connectivity index (χ2n) is 7.73. The second kappa shape index (κ2) is 8.30. The lowest BCUT2D eigenvalue weighted by atomic mass is 10.1. The predicted molar refractivity (Wildman–Crippen MR) is 120 cm³/mol. The van der Waals surface area contributed by atoms with Crippen LogP contribution in [0, 0.1) is 0 Å². The highest BCUT2D eigenvalue weighted by Crippen LogP contribution is 2.37. The number of hydrogen-bond donors (Lipinski definition) is 1. The largest absolute Gasteiger partial charge is 0.454 e. The Morgan fingerprint density at radius 3 is 2.55 bits per heavy atom. The number of imidazole rings is 1. The SMILES string of the molecule is CCCC(CC)Nc1nc2c(c(=O)n(C)c(=O)n2C)n1Cc1cc2c(cc1Cl)OCO2. The molecule has 0 radical (unpaired) electrons. The first-order valence-corrected chi connectivity index (χ1v) is 10.7. The zero-order chi connectivity index (χ0) is 22.3. The van der Waals surface area contributed by atoms with E-state index in [0.717, 1.165) is 29.4 Å². The summed E-state index contributed by atoms with van der Waals surface area (Å²) in [4.78, 5) is 30.2. The van der Waals surface area contributed by atoms with Crippen molar-refractivity contribution in [2.24, 2.45) is 14.1 Å². The fourth-order valence-corrected chi connectivity index (χ4v) is 4.08. The molecule has 10 heteroatoms. The number of benzene rings is 1. The van der Waals surface area contributed by atoms with Crippen LogP contribution in [0.1, 0.15) is 38.7 Å². The molecule has 0 bridgehead atoms. The number of fused-ring (bicyclic) bond motifs is 2. The predicted octanol–water partition coefficient (Wildman–Crippen LogP) is 2.85. The van der Waals surface area contributed by atoms with Gasteiger partial charge in [-0.3, -0.25) is 18.5 Å². The molecule has 1 atom stereocenters. The topological polar surface area (TPSA) is 92.3 Å². The van der Waals surface area contributed by atoms with E-state index in [0.29, 0.717) is 33.6 Å². The lowest BCUT2D eigenvalue weighted by molar-refractivity contribution is 0.174. The van der Waals surface area contributed by atoms with Gasteiger partial charge < -0.3 is 14.8 Å². The van der Waals surface area contributed by atoms with E-state index in [9.17, 15) is 9.59 Å². The summed E-state index contributed by atoms with van der Waals surface area (Å²) in [5, 5.41) is 3.96. The van der Waals surface area contributed by atoms with Crippen molar-refractivity contribution in [1.82, 2.24) is 18.7 Å². The first-order valence-electron chi connectivity index (χ1n) is 10.4. The van der Waals surface area contributed by atoms with Gasteiger partial charge in [-0.1, -0.05) is 31.9 Å². The molecule has 4 rings (SSSR count). The van der Waals surface area contributed by atoms with Crippen molar-refractivity contribution >= 4 is 28.7 Å². The van der Waals surface area contributed by atoms with Crippen molar-refractivity contribution in [3.05, 3.63) is 43.6 Å². The van der Waals surface area contributed by atoms with Gasteiger partial charge in [0, 0.05) is 31.2 Å². The quantitative estimate of drug-likeness (QED) is 0.598. The number of nitrogens with zero attached hydrogens (tertiary/aromatic N) is 4. The van der Waals surface area contributed by atoms with Crippen LogP contribution in [0.5, 0.6) is 11.5 Å². The van der Waals surface area contributed by atoms with Crippen LogP contribution in [0.3, 0.4) is 0 Å². The number of ether oxygens (including phenoxy) is 2. The molecule has 1 aromatic carbocycles. The van der Waals surface area contributed by atoms with Gasteiger partial charge in [0.2, 0.25) is 12.7 Å². The summed E-state index contributed by atoms with van der Waals surface area (Å²) in [5.41, 5.74) is 0.605. The Morgan fingerprint density at radius 2 is 1.87 bits per heavy atom. The Morgan fingerprint density at radius 1 is 1.16 bits per heavy atom. The van der Waals surface area contributed by atoms with Crippen molar-refractivity contribution < 1.29 is 9.47 Å². The van der Waals surface area contributed by atoms with Gasteiger partial charge in [0.1, 0.15) is 0 Å². The number of nitrogens with one attached hydrogen (secondary N) is 1. The van der Waals surface area contributed by atoms with E-state index in [1.165, 1.54) is 11.6 Å². The van der Waals surface area contributed by atoms with Crippen LogP contribution in [-0.2, 0) is 20.6 Å². The van der Waals surface area contributed by atoms with Gasteiger partial charge in [0.25, 0.3) is 5.56 Å². The molecule has 2 aromatic heterocycles. The van der Waals surface area contributed by atoms with Crippen LogP contribution >= 0.6 is 11.6 Å². The van der Waals surface area contributed by atoms with Crippen molar-refractivity contribution in [2.45, 2.75) is 45.7 Å². The number of aromatic nitrogens is 4. The van der Waals surface area contributed by atoms with E-state index in [1.807, 2.05) is 6.07 Å².